The van der Waals surface area contributed by atoms with Gasteiger partial charge in [0.25, 0.3) is 0 Å². The average molecular weight is 546 g/mol. The minimum Gasteiger partial charge on any atom is -0.354 e. The molecule has 12 heteroatoms. The average Bonchev–Trinajstić information content (AvgIpc) is 3.28. The van der Waals surface area contributed by atoms with Crippen LogP contribution < -0.4 is 14.9 Å². The molecule has 3 aromatic carbocycles. The van der Waals surface area contributed by atoms with Crippen molar-refractivity contribution in [2.24, 2.45) is 0 Å². The van der Waals surface area contributed by atoms with E-state index in [2.05, 4.69) is 20.6 Å². The minimum atomic E-state index is -4.55. The van der Waals surface area contributed by atoms with E-state index in [1.807, 2.05) is 6.07 Å². The van der Waals surface area contributed by atoms with Crippen LogP contribution >= 0.6 is 0 Å². The summed E-state index contributed by atoms with van der Waals surface area (Å²) in [5, 5.41) is 5.72. The number of nitrogens with one attached hydrogen (secondary N) is 3. The molecule has 0 saturated carbocycles. The summed E-state index contributed by atoms with van der Waals surface area (Å²) in [6.07, 6.45) is -3.69. The van der Waals surface area contributed by atoms with Crippen LogP contribution in [-0.4, -0.2) is 43.6 Å². The van der Waals surface area contributed by atoms with Crippen LogP contribution in [0.15, 0.2) is 78.9 Å². The molecule has 1 atom stereocenters. The number of anilines is 2. The quantitative estimate of drug-likeness (QED) is 0.268. The predicted molar refractivity (Wildman–Crippen MR) is 140 cm³/mol. The van der Waals surface area contributed by atoms with Gasteiger partial charge in [-0.15, -0.1) is 0 Å². The van der Waals surface area contributed by atoms with Crippen LogP contribution in [0.4, 0.5) is 24.8 Å². The number of alkyl halides is 3. The van der Waals surface area contributed by atoms with Gasteiger partial charge in [0.1, 0.15) is 0 Å². The van der Waals surface area contributed by atoms with E-state index in [4.69, 9.17) is 0 Å². The number of fused-ring (bicyclic) bond motifs is 1. The fraction of sp³-hybridized carbons (Fsp3) is 0.231. The van der Waals surface area contributed by atoms with Crippen LogP contribution in [0.5, 0.6) is 0 Å². The maximum absolute atomic E-state index is 13.4. The summed E-state index contributed by atoms with van der Waals surface area (Å²) in [4.78, 5) is 20.3. The smallest absolute Gasteiger partial charge is 0.354 e. The summed E-state index contributed by atoms with van der Waals surface area (Å²) in [7, 11) is -3.60. The number of sulfonamides is 1. The normalized spacial score (nSPS) is 12.7. The van der Waals surface area contributed by atoms with Gasteiger partial charge in [-0.25, -0.2) is 13.4 Å². The van der Waals surface area contributed by atoms with Crippen molar-refractivity contribution in [3.05, 3.63) is 90.0 Å². The number of carbonyl (C=O) groups is 1. The Hall–Kier alpha value is -4.06. The lowest BCUT2D eigenvalue weighted by Gasteiger charge is -2.23. The Morgan fingerprint density at radius 3 is 2.42 bits per heavy atom. The summed E-state index contributed by atoms with van der Waals surface area (Å²) >= 11 is 0. The Balaban J connectivity index is 1.50. The highest BCUT2D eigenvalue weighted by atomic mass is 32.2. The lowest BCUT2D eigenvalue weighted by atomic mass is 10.0. The molecule has 0 bridgehead atoms. The number of imidazole rings is 1. The highest BCUT2D eigenvalue weighted by Crippen LogP contribution is 2.32. The lowest BCUT2D eigenvalue weighted by molar-refractivity contribution is -0.137. The third-order valence-electron chi connectivity index (χ3n) is 5.79. The molecule has 0 spiro atoms. The molecule has 0 aliphatic heterocycles. The first-order valence-corrected chi connectivity index (χ1v) is 13.5. The lowest BCUT2D eigenvalue weighted by Crippen LogP contribution is -2.38. The topological polar surface area (TPSA) is 107 Å². The number of carbonyl (C=O) groups excluding carboxylic acids is 1. The molecule has 3 N–H and O–H groups in total. The van der Waals surface area contributed by atoms with E-state index in [0.29, 0.717) is 17.2 Å². The standard InChI is InChI=1S/C26H26F3N5O3S/c1-38(36,37)34(20-10-3-2-4-11-20)15-14-30-24(35)17-23(18-8-7-9-19(16-18)26(27,28)29)33-25-31-21-12-5-6-13-22(21)32-25/h2-13,16,23H,14-15,17H2,1H3,(H,30,35)(H2,31,32,33). The second-order valence-corrected chi connectivity index (χ2v) is 10.6. The molecule has 8 nitrogen and oxygen atoms in total. The number of H-pyrrole nitrogens is 1. The fourth-order valence-corrected chi connectivity index (χ4v) is 4.93. The zero-order valence-corrected chi connectivity index (χ0v) is 21.2. The van der Waals surface area contributed by atoms with Gasteiger partial charge in [-0.1, -0.05) is 42.5 Å². The van der Waals surface area contributed by atoms with Crippen LogP contribution in [0.2, 0.25) is 0 Å². The Morgan fingerprint density at radius 2 is 1.74 bits per heavy atom. The number of para-hydroxylation sites is 3. The van der Waals surface area contributed by atoms with E-state index in [1.165, 1.54) is 16.4 Å². The first-order valence-electron chi connectivity index (χ1n) is 11.7. The molecule has 0 saturated heterocycles. The van der Waals surface area contributed by atoms with Gasteiger partial charge in [-0.05, 0) is 42.0 Å². The molecular formula is C26H26F3N5O3S. The molecule has 4 rings (SSSR count). The molecular weight excluding hydrogens is 519 g/mol. The molecule has 1 heterocycles. The van der Waals surface area contributed by atoms with Crippen LogP contribution in [-0.2, 0) is 21.0 Å². The van der Waals surface area contributed by atoms with Crippen molar-refractivity contribution in [1.82, 2.24) is 15.3 Å². The number of hydrogen-bond acceptors (Lipinski definition) is 5. The van der Waals surface area contributed by atoms with Crippen LogP contribution in [0.1, 0.15) is 23.6 Å². The molecule has 4 aromatic rings. The molecule has 1 unspecified atom stereocenters. The molecule has 0 aliphatic rings. The van der Waals surface area contributed by atoms with Crippen molar-refractivity contribution in [2.45, 2.75) is 18.6 Å². The van der Waals surface area contributed by atoms with Gasteiger partial charge in [0.15, 0.2) is 0 Å². The Morgan fingerprint density at radius 1 is 1.03 bits per heavy atom. The van der Waals surface area contributed by atoms with Gasteiger partial charge in [-0.3, -0.25) is 9.10 Å². The highest BCUT2D eigenvalue weighted by Gasteiger charge is 2.31. The van der Waals surface area contributed by atoms with Gasteiger partial charge in [0.2, 0.25) is 21.9 Å². The van der Waals surface area contributed by atoms with Crippen LogP contribution in [0.3, 0.4) is 0 Å². The number of halogens is 3. The number of benzene rings is 3. The van der Waals surface area contributed by atoms with E-state index in [-0.39, 0.29) is 25.1 Å². The van der Waals surface area contributed by atoms with Gasteiger partial charge in [0, 0.05) is 6.54 Å². The summed E-state index contributed by atoms with van der Waals surface area (Å²) < 4.78 is 65.8. The second-order valence-electron chi connectivity index (χ2n) is 8.65. The maximum Gasteiger partial charge on any atom is 0.416 e. The van der Waals surface area contributed by atoms with Crippen molar-refractivity contribution >= 4 is 38.6 Å². The molecule has 200 valence electrons. The summed E-state index contributed by atoms with van der Waals surface area (Å²) in [5.41, 5.74) is 1.25. The third-order valence-corrected chi connectivity index (χ3v) is 6.98. The van der Waals surface area contributed by atoms with E-state index in [0.717, 1.165) is 23.9 Å². The molecule has 0 aliphatic carbocycles. The molecule has 0 fully saturated rings. The summed E-state index contributed by atoms with van der Waals surface area (Å²) in [6, 6.07) is 19.6. The highest BCUT2D eigenvalue weighted by molar-refractivity contribution is 7.92. The number of hydrogen-bond donors (Lipinski definition) is 3. The zero-order chi connectivity index (χ0) is 27.3. The SMILES string of the molecule is CS(=O)(=O)N(CCNC(=O)CC(Nc1nc2ccccc2[nH]1)c1cccc(C(F)(F)F)c1)c1ccccc1. The van der Waals surface area contributed by atoms with E-state index in [1.54, 1.807) is 48.5 Å². The van der Waals surface area contributed by atoms with E-state index >= 15 is 0 Å². The summed E-state index contributed by atoms with van der Waals surface area (Å²) in [6.45, 7) is -0.0133. The predicted octanol–water partition coefficient (Wildman–Crippen LogP) is 4.71. The Labute approximate surface area is 217 Å². The molecule has 1 amide bonds. The Kier molecular flexibility index (Phi) is 7.91. The molecule has 0 radical (unpaired) electrons. The van der Waals surface area contributed by atoms with Gasteiger partial charge < -0.3 is 15.6 Å². The van der Waals surface area contributed by atoms with Crippen molar-refractivity contribution in [3.63, 3.8) is 0 Å². The monoisotopic (exact) mass is 545 g/mol. The minimum absolute atomic E-state index is 0.000740. The van der Waals surface area contributed by atoms with Crippen molar-refractivity contribution in [3.8, 4) is 0 Å². The zero-order valence-electron chi connectivity index (χ0n) is 20.4. The van der Waals surface area contributed by atoms with Crippen molar-refractivity contribution < 1.29 is 26.4 Å². The number of amides is 1. The number of aromatic nitrogens is 2. The van der Waals surface area contributed by atoms with Gasteiger partial charge in [0.05, 0.1) is 47.5 Å². The molecule has 38 heavy (non-hydrogen) atoms. The van der Waals surface area contributed by atoms with Gasteiger partial charge >= 0.3 is 6.18 Å². The first-order chi connectivity index (χ1) is 18.0. The number of nitrogens with zero attached hydrogens (tertiary/aromatic N) is 2. The summed E-state index contributed by atoms with van der Waals surface area (Å²) in [5.74, 6) is -0.175. The number of aromatic amines is 1. The first kappa shape index (κ1) is 27.0. The maximum atomic E-state index is 13.4. The van der Waals surface area contributed by atoms with E-state index < -0.39 is 33.7 Å². The van der Waals surface area contributed by atoms with Gasteiger partial charge in [-0.2, -0.15) is 13.2 Å². The fourth-order valence-electron chi connectivity index (χ4n) is 4.01. The van der Waals surface area contributed by atoms with E-state index in [9.17, 15) is 26.4 Å². The number of rotatable bonds is 10. The van der Waals surface area contributed by atoms with Crippen LogP contribution in [0, 0.1) is 0 Å². The molecule has 1 aromatic heterocycles. The van der Waals surface area contributed by atoms with Crippen molar-refractivity contribution in [2.75, 3.05) is 29.0 Å². The third kappa shape index (κ3) is 6.82. The van der Waals surface area contributed by atoms with Crippen LogP contribution in [0.25, 0.3) is 11.0 Å². The second kappa shape index (κ2) is 11.1. The van der Waals surface area contributed by atoms with Crippen molar-refractivity contribution in [1.29, 1.82) is 0 Å². The largest absolute Gasteiger partial charge is 0.416 e. The Bertz CT molecular complexity index is 1470.